The molecule has 3 aliphatic rings. The second kappa shape index (κ2) is 6.86. The molecule has 5 nitrogen and oxygen atoms in total. The van der Waals surface area contributed by atoms with Crippen LogP contribution in [0.5, 0.6) is 0 Å². The molecule has 0 bridgehead atoms. The van der Waals surface area contributed by atoms with Gasteiger partial charge in [-0.05, 0) is 52.5 Å². The van der Waals surface area contributed by atoms with Gasteiger partial charge in [-0.3, -0.25) is 0 Å². The van der Waals surface area contributed by atoms with Crippen LogP contribution in [-0.2, 0) is 23.7 Å². The van der Waals surface area contributed by atoms with E-state index < -0.39 is 0 Å². The first-order valence-electron chi connectivity index (χ1n) is 9.21. The second-order valence-electron chi connectivity index (χ2n) is 7.77. The van der Waals surface area contributed by atoms with E-state index >= 15 is 0 Å². The minimum atomic E-state index is -0.297. The van der Waals surface area contributed by atoms with Gasteiger partial charge in [-0.15, -0.1) is 0 Å². The molecule has 2 aliphatic heterocycles. The molecule has 140 valence electrons. The van der Waals surface area contributed by atoms with Crippen LogP contribution < -0.4 is 0 Å². The van der Waals surface area contributed by atoms with Gasteiger partial charge in [-0.25, -0.2) is 4.79 Å². The van der Waals surface area contributed by atoms with Crippen LogP contribution in [0.1, 0.15) is 47.0 Å². The number of hydrogen-bond acceptors (Lipinski definition) is 5. The number of rotatable bonds is 6. The number of hydrogen-bond donors (Lipinski definition) is 0. The van der Waals surface area contributed by atoms with Gasteiger partial charge in [0.1, 0.15) is 11.2 Å². The van der Waals surface area contributed by atoms with E-state index in [2.05, 4.69) is 26.8 Å². The fourth-order valence-corrected chi connectivity index (χ4v) is 4.33. The summed E-state index contributed by atoms with van der Waals surface area (Å²) in [4.78, 5) is 11.9. The van der Waals surface area contributed by atoms with Gasteiger partial charge in [0.2, 0.25) is 0 Å². The lowest BCUT2D eigenvalue weighted by atomic mass is 9.67. The molecule has 5 atom stereocenters. The molecule has 1 unspecified atom stereocenters. The van der Waals surface area contributed by atoms with Gasteiger partial charge >= 0.3 is 5.97 Å². The minimum Gasteiger partial charge on any atom is -0.463 e. The lowest BCUT2D eigenvalue weighted by Crippen LogP contribution is -2.50. The largest absolute Gasteiger partial charge is 0.463 e. The molecule has 1 aliphatic carbocycles. The molecule has 2 heterocycles. The second-order valence-corrected chi connectivity index (χ2v) is 7.77. The van der Waals surface area contributed by atoms with Crippen LogP contribution in [0.2, 0.25) is 0 Å². The maximum absolute atomic E-state index is 11.9. The Bertz CT molecular complexity index is 585. The van der Waals surface area contributed by atoms with Crippen molar-refractivity contribution in [3.8, 4) is 0 Å². The van der Waals surface area contributed by atoms with E-state index in [1.54, 1.807) is 13.2 Å². The molecule has 0 amide bonds. The fourth-order valence-electron chi connectivity index (χ4n) is 4.33. The monoisotopic (exact) mass is 350 g/mol. The van der Waals surface area contributed by atoms with Crippen molar-refractivity contribution in [3.63, 3.8) is 0 Å². The highest BCUT2D eigenvalue weighted by molar-refractivity contribution is 5.83. The van der Waals surface area contributed by atoms with Crippen molar-refractivity contribution in [1.29, 1.82) is 0 Å². The zero-order valence-electron chi connectivity index (χ0n) is 16.0. The first-order valence-corrected chi connectivity index (χ1v) is 9.21. The van der Waals surface area contributed by atoms with E-state index in [0.717, 1.165) is 31.4 Å². The molecule has 25 heavy (non-hydrogen) atoms. The molecule has 1 saturated carbocycles. The van der Waals surface area contributed by atoms with Crippen molar-refractivity contribution in [2.45, 2.75) is 70.4 Å². The van der Waals surface area contributed by atoms with Gasteiger partial charge in [-0.1, -0.05) is 11.6 Å². The predicted molar refractivity (Wildman–Crippen MR) is 94.2 cm³/mol. The number of allylic oxidation sites excluding steroid dienone is 1. The Morgan fingerprint density at radius 3 is 2.68 bits per heavy atom. The first kappa shape index (κ1) is 18.6. The van der Waals surface area contributed by atoms with Crippen molar-refractivity contribution in [3.05, 3.63) is 23.3 Å². The Hall–Kier alpha value is -1.17. The summed E-state index contributed by atoms with van der Waals surface area (Å²) in [6.45, 7) is 9.30. The number of esters is 1. The van der Waals surface area contributed by atoms with Gasteiger partial charge in [-0.2, -0.15) is 0 Å². The Labute approximate surface area is 150 Å². The van der Waals surface area contributed by atoms with Crippen molar-refractivity contribution < 1.29 is 23.7 Å². The number of ether oxygens (including phenoxy) is 4. The smallest absolute Gasteiger partial charge is 0.330 e. The van der Waals surface area contributed by atoms with E-state index in [9.17, 15) is 4.79 Å². The molecule has 5 heteroatoms. The van der Waals surface area contributed by atoms with Gasteiger partial charge in [0.05, 0.1) is 31.3 Å². The zero-order valence-corrected chi connectivity index (χ0v) is 16.0. The van der Waals surface area contributed by atoms with Crippen LogP contribution in [0.25, 0.3) is 0 Å². The van der Waals surface area contributed by atoms with E-state index in [4.69, 9.17) is 18.9 Å². The number of methoxy groups -OCH3 is 1. The Morgan fingerprint density at radius 1 is 1.40 bits per heavy atom. The third-order valence-electron chi connectivity index (χ3n) is 5.77. The first-order chi connectivity index (χ1) is 11.9. The minimum absolute atomic E-state index is 0.0926. The van der Waals surface area contributed by atoms with Gasteiger partial charge in [0.25, 0.3) is 0 Å². The van der Waals surface area contributed by atoms with E-state index in [0.29, 0.717) is 6.61 Å². The molecule has 0 N–H and O–H groups in total. The predicted octanol–water partition coefficient (Wildman–Crippen LogP) is 3.18. The summed E-state index contributed by atoms with van der Waals surface area (Å²) in [6.07, 6.45) is 6.42. The summed E-state index contributed by atoms with van der Waals surface area (Å²) in [7, 11) is 1.70. The maximum atomic E-state index is 11.9. The van der Waals surface area contributed by atoms with Crippen LogP contribution in [0.4, 0.5) is 0 Å². The van der Waals surface area contributed by atoms with Crippen LogP contribution in [0, 0.1) is 5.92 Å². The van der Waals surface area contributed by atoms with Crippen molar-refractivity contribution in [1.82, 2.24) is 0 Å². The Kier molecular flexibility index (Phi) is 5.11. The Balaban J connectivity index is 1.82. The summed E-state index contributed by atoms with van der Waals surface area (Å²) in [6, 6.07) is 0. The van der Waals surface area contributed by atoms with Gasteiger partial charge < -0.3 is 18.9 Å². The molecule has 1 spiro atoms. The number of carbonyl (C=O) groups is 1. The highest BCUT2D eigenvalue weighted by atomic mass is 16.6. The van der Waals surface area contributed by atoms with Crippen LogP contribution in [-0.4, -0.2) is 49.7 Å². The lowest BCUT2D eigenvalue weighted by Gasteiger charge is -2.40. The molecule has 0 aromatic rings. The SMILES string of the molecule is CCOC(=O)C=C1CC[C@]2(CO2)[C@@H](C2(C)O[C@@H]2CC=C(C)C)[C@@H]1OC. The normalized spacial score (nSPS) is 40.8. The summed E-state index contributed by atoms with van der Waals surface area (Å²) >= 11 is 0. The average Bonchev–Trinajstić information content (AvgIpc) is 3.45. The van der Waals surface area contributed by atoms with E-state index in [-0.39, 0.29) is 35.3 Å². The number of epoxide rings is 2. The molecular formula is C20H30O5. The van der Waals surface area contributed by atoms with E-state index in [1.807, 2.05) is 6.92 Å². The third kappa shape index (κ3) is 3.55. The maximum Gasteiger partial charge on any atom is 0.330 e. The molecule has 0 radical (unpaired) electrons. The molecule has 0 aromatic carbocycles. The van der Waals surface area contributed by atoms with Gasteiger partial charge in [0.15, 0.2) is 0 Å². The van der Waals surface area contributed by atoms with Crippen molar-refractivity contribution in [2.24, 2.45) is 5.92 Å². The van der Waals surface area contributed by atoms with Crippen LogP contribution in [0.15, 0.2) is 23.3 Å². The number of carbonyl (C=O) groups excluding carboxylic acids is 1. The highest BCUT2D eigenvalue weighted by Crippen LogP contribution is 2.60. The summed E-state index contributed by atoms with van der Waals surface area (Å²) in [5.74, 6) is -0.205. The summed E-state index contributed by atoms with van der Waals surface area (Å²) < 4.78 is 23.0. The fraction of sp³-hybridized carbons (Fsp3) is 0.750. The molecule has 0 aromatic heterocycles. The highest BCUT2D eigenvalue weighted by Gasteiger charge is 2.71. The summed E-state index contributed by atoms with van der Waals surface area (Å²) in [5.41, 5.74) is 1.84. The molecule has 3 rings (SSSR count). The quantitative estimate of drug-likeness (QED) is 0.319. The Morgan fingerprint density at radius 2 is 2.12 bits per heavy atom. The van der Waals surface area contributed by atoms with Crippen LogP contribution in [0.3, 0.4) is 0 Å². The lowest BCUT2D eigenvalue weighted by molar-refractivity contribution is -0.137. The average molecular weight is 350 g/mol. The topological polar surface area (TPSA) is 60.6 Å². The van der Waals surface area contributed by atoms with E-state index in [1.165, 1.54) is 5.57 Å². The zero-order chi connectivity index (χ0) is 18.2. The van der Waals surface area contributed by atoms with Crippen molar-refractivity contribution >= 4 is 5.97 Å². The van der Waals surface area contributed by atoms with Crippen LogP contribution >= 0.6 is 0 Å². The molecule has 3 fully saturated rings. The standard InChI is InChI=1S/C20H30O5/c1-6-23-16(21)11-14-9-10-20(12-24-20)18(17(14)22-5)19(4)15(25-19)8-7-13(2)3/h7,11,15,17-18H,6,8-10,12H2,1-5H3/t15-,17-,18-,19?,20+/m1/s1. The van der Waals surface area contributed by atoms with Crippen molar-refractivity contribution in [2.75, 3.05) is 20.3 Å². The molecule has 2 saturated heterocycles. The summed E-state index contributed by atoms with van der Waals surface area (Å²) in [5, 5.41) is 0. The third-order valence-corrected chi connectivity index (χ3v) is 5.77. The molecular weight excluding hydrogens is 320 g/mol. The van der Waals surface area contributed by atoms with Gasteiger partial charge in [0, 0.05) is 13.2 Å².